The quantitative estimate of drug-likeness (QED) is 0.739. The van der Waals surface area contributed by atoms with Crippen LogP contribution < -0.4 is 10.5 Å². The molecule has 0 radical (unpaired) electrons. The third-order valence-corrected chi connectivity index (χ3v) is 6.46. The van der Waals surface area contributed by atoms with Gasteiger partial charge in [0.25, 0.3) is 5.56 Å². The van der Waals surface area contributed by atoms with E-state index in [-0.39, 0.29) is 5.56 Å². The molecule has 2 atom stereocenters. The lowest BCUT2D eigenvalue weighted by atomic mass is 10.0. The maximum absolute atomic E-state index is 12.5. The normalized spacial score (nSPS) is 20.9. The fourth-order valence-electron chi connectivity index (χ4n) is 3.56. The van der Waals surface area contributed by atoms with Gasteiger partial charge in [0.05, 0.1) is 18.1 Å². The second kappa shape index (κ2) is 6.90. The number of nitrogens with one attached hydrogen (secondary N) is 2. The number of quaternary nitrogens is 1. The Kier molecular flexibility index (Phi) is 4.63. The van der Waals surface area contributed by atoms with Gasteiger partial charge in [-0.05, 0) is 49.9 Å². The number of fused-ring (bicyclic) bond motifs is 1. The molecular formula is C19H21ClN3OS+. The number of hydrogen-bond acceptors (Lipinski definition) is 3. The first-order valence-electron chi connectivity index (χ1n) is 8.73. The topological polar surface area (TPSA) is 50.2 Å². The molecule has 1 unspecified atom stereocenters. The molecule has 130 valence electrons. The zero-order chi connectivity index (χ0) is 17.4. The van der Waals surface area contributed by atoms with E-state index in [9.17, 15) is 4.79 Å². The number of aromatic nitrogens is 2. The van der Waals surface area contributed by atoms with Crippen LogP contribution in [-0.4, -0.2) is 22.6 Å². The SMILES string of the molecule is C[C@@H]1CCCC[NH+]1Cc1nc2cc(-c3ccc(Cl)cc3)sc2c(=O)[nH]1. The summed E-state index contributed by atoms with van der Waals surface area (Å²) in [5.41, 5.74) is 1.82. The van der Waals surface area contributed by atoms with Crippen LogP contribution in [0.25, 0.3) is 20.7 Å². The molecule has 1 aromatic carbocycles. The van der Waals surface area contributed by atoms with Crippen LogP contribution in [0.4, 0.5) is 0 Å². The van der Waals surface area contributed by atoms with Crippen LogP contribution in [0.2, 0.25) is 5.02 Å². The molecule has 0 spiro atoms. The molecule has 0 amide bonds. The van der Waals surface area contributed by atoms with Crippen LogP contribution in [-0.2, 0) is 6.54 Å². The van der Waals surface area contributed by atoms with Crippen molar-refractivity contribution in [3.63, 3.8) is 0 Å². The molecule has 1 aliphatic heterocycles. The van der Waals surface area contributed by atoms with Crippen LogP contribution in [0.3, 0.4) is 0 Å². The van der Waals surface area contributed by atoms with Crippen molar-refractivity contribution in [2.24, 2.45) is 0 Å². The number of halogens is 1. The van der Waals surface area contributed by atoms with Gasteiger partial charge in [-0.3, -0.25) is 4.79 Å². The minimum absolute atomic E-state index is 0.0331. The Hall–Kier alpha value is -1.69. The molecule has 0 aliphatic carbocycles. The van der Waals surface area contributed by atoms with Gasteiger partial charge in [-0.15, -0.1) is 11.3 Å². The molecule has 3 heterocycles. The van der Waals surface area contributed by atoms with Gasteiger partial charge in [0.2, 0.25) is 0 Å². The van der Waals surface area contributed by atoms with E-state index in [1.165, 1.54) is 35.5 Å². The molecule has 25 heavy (non-hydrogen) atoms. The molecule has 2 aromatic heterocycles. The van der Waals surface area contributed by atoms with Gasteiger partial charge in [-0.2, -0.15) is 0 Å². The van der Waals surface area contributed by atoms with E-state index < -0.39 is 0 Å². The van der Waals surface area contributed by atoms with Crippen LogP contribution in [0.15, 0.2) is 35.1 Å². The number of hydrogen-bond donors (Lipinski definition) is 2. The summed E-state index contributed by atoms with van der Waals surface area (Å²) in [6.45, 7) is 4.23. The van der Waals surface area contributed by atoms with Crippen molar-refractivity contribution in [1.29, 1.82) is 0 Å². The van der Waals surface area contributed by atoms with Crippen molar-refractivity contribution >= 4 is 33.2 Å². The van der Waals surface area contributed by atoms with Crippen molar-refractivity contribution < 1.29 is 4.90 Å². The molecule has 6 heteroatoms. The van der Waals surface area contributed by atoms with Gasteiger partial charge in [-0.1, -0.05) is 23.7 Å². The van der Waals surface area contributed by atoms with Crippen LogP contribution in [0.5, 0.6) is 0 Å². The Morgan fingerprint density at radius 3 is 2.88 bits per heavy atom. The summed E-state index contributed by atoms with van der Waals surface area (Å²) in [6.07, 6.45) is 3.81. The third kappa shape index (κ3) is 3.50. The predicted octanol–water partition coefficient (Wildman–Crippen LogP) is 3.26. The highest BCUT2D eigenvalue weighted by molar-refractivity contribution is 7.22. The van der Waals surface area contributed by atoms with Crippen LogP contribution >= 0.6 is 22.9 Å². The van der Waals surface area contributed by atoms with E-state index in [0.717, 1.165) is 34.9 Å². The average Bonchev–Trinajstić information content (AvgIpc) is 3.02. The maximum Gasteiger partial charge on any atom is 0.269 e. The number of thiophene rings is 1. The average molecular weight is 375 g/mol. The second-order valence-electron chi connectivity index (χ2n) is 6.83. The largest absolute Gasteiger partial charge is 0.326 e. The summed E-state index contributed by atoms with van der Waals surface area (Å²) in [7, 11) is 0. The van der Waals surface area contributed by atoms with Gasteiger partial charge in [0, 0.05) is 9.90 Å². The molecule has 4 nitrogen and oxygen atoms in total. The van der Waals surface area contributed by atoms with E-state index in [4.69, 9.17) is 16.6 Å². The van der Waals surface area contributed by atoms with E-state index >= 15 is 0 Å². The monoisotopic (exact) mass is 374 g/mol. The predicted molar refractivity (Wildman–Crippen MR) is 104 cm³/mol. The van der Waals surface area contributed by atoms with Gasteiger partial charge < -0.3 is 9.88 Å². The molecule has 0 bridgehead atoms. The molecule has 3 aromatic rings. The highest BCUT2D eigenvalue weighted by Gasteiger charge is 2.23. The van der Waals surface area contributed by atoms with Crippen molar-refractivity contribution in [3.05, 3.63) is 51.5 Å². The van der Waals surface area contributed by atoms with Gasteiger partial charge in [0.15, 0.2) is 5.82 Å². The Bertz CT molecular complexity index is 947. The number of piperidine rings is 1. The van der Waals surface area contributed by atoms with Crippen LogP contribution in [0.1, 0.15) is 32.0 Å². The highest BCUT2D eigenvalue weighted by Crippen LogP contribution is 2.31. The number of benzene rings is 1. The van der Waals surface area contributed by atoms with Gasteiger partial charge in [0.1, 0.15) is 11.2 Å². The third-order valence-electron chi connectivity index (χ3n) is 5.04. The molecular weight excluding hydrogens is 354 g/mol. The minimum Gasteiger partial charge on any atom is -0.326 e. The summed E-state index contributed by atoms with van der Waals surface area (Å²) in [4.78, 5) is 22.8. The lowest BCUT2D eigenvalue weighted by Gasteiger charge is -2.29. The number of aromatic amines is 1. The summed E-state index contributed by atoms with van der Waals surface area (Å²) < 4.78 is 0.690. The number of rotatable bonds is 3. The fourth-order valence-corrected chi connectivity index (χ4v) is 4.68. The molecule has 1 fully saturated rings. The second-order valence-corrected chi connectivity index (χ2v) is 8.32. The van der Waals surface area contributed by atoms with E-state index in [1.807, 2.05) is 30.3 Å². The Morgan fingerprint density at radius 1 is 1.32 bits per heavy atom. The zero-order valence-electron chi connectivity index (χ0n) is 14.1. The van der Waals surface area contributed by atoms with Crippen molar-refractivity contribution in [1.82, 2.24) is 9.97 Å². The molecule has 2 N–H and O–H groups in total. The first kappa shape index (κ1) is 16.8. The summed E-state index contributed by atoms with van der Waals surface area (Å²) in [5, 5.41) is 0.710. The summed E-state index contributed by atoms with van der Waals surface area (Å²) in [6, 6.07) is 10.3. The van der Waals surface area contributed by atoms with Crippen molar-refractivity contribution in [2.45, 2.75) is 38.8 Å². The van der Waals surface area contributed by atoms with E-state index in [2.05, 4.69) is 11.9 Å². The smallest absolute Gasteiger partial charge is 0.269 e. The standard InChI is InChI=1S/C19H20ClN3OS/c1-12-4-2-3-9-23(12)11-17-21-15-10-16(25-18(15)19(24)22-17)13-5-7-14(20)8-6-13/h5-8,10,12H,2-4,9,11H2,1H3,(H,21,22,24)/p+1/t12-/m1/s1. The first-order valence-corrected chi connectivity index (χ1v) is 9.93. The molecule has 4 rings (SSSR count). The molecule has 1 aliphatic rings. The summed E-state index contributed by atoms with van der Waals surface area (Å²) in [5.74, 6) is 0.793. The zero-order valence-corrected chi connectivity index (χ0v) is 15.7. The number of nitrogens with zero attached hydrogens (tertiary/aromatic N) is 1. The van der Waals surface area contributed by atoms with Gasteiger partial charge >= 0.3 is 0 Å². The Morgan fingerprint density at radius 2 is 2.12 bits per heavy atom. The molecule has 0 saturated carbocycles. The van der Waals surface area contributed by atoms with Crippen molar-refractivity contribution in [2.75, 3.05) is 6.54 Å². The number of likely N-dealkylation sites (tertiary alicyclic amines) is 1. The Labute approximate surface area is 155 Å². The van der Waals surface area contributed by atoms with Crippen LogP contribution in [0, 0.1) is 0 Å². The first-order chi connectivity index (χ1) is 12.1. The van der Waals surface area contributed by atoms with Crippen molar-refractivity contribution in [3.8, 4) is 10.4 Å². The Balaban J connectivity index is 1.67. The minimum atomic E-state index is -0.0331. The van der Waals surface area contributed by atoms with Gasteiger partial charge in [-0.25, -0.2) is 4.98 Å². The maximum atomic E-state index is 12.5. The highest BCUT2D eigenvalue weighted by atomic mass is 35.5. The number of H-pyrrole nitrogens is 1. The lowest BCUT2D eigenvalue weighted by molar-refractivity contribution is -0.942. The van der Waals surface area contributed by atoms with E-state index in [0.29, 0.717) is 15.8 Å². The summed E-state index contributed by atoms with van der Waals surface area (Å²) >= 11 is 7.44. The fraction of sp³-hybridized carbons (Fsp3) is 0.368. The molecule has 1 saturated heterocycles. The van der Waals surface area contributed by atoms with E-state index in [1.54, 1.807) is 0 Å². The lowest BCUT2D eigenvalue weighted by Crippen LogP contribution is -3.15.